The molecule has 0 unspecified atom stereocenters. The van der Waals surface area contributed by atoms with Gasteiger partial charge in [0, 0.05) is 17.7 Å². The molecule has 1 fully saturated rings. The van der Waals surface area contributed by atoms with E-state index in [4.69, 9.17) is 9.47 Å². The molecule has 0 spiro atoms. The van der Waals surface area contributed by atoms with E-state index >= 15 is 0 Å². The summed E-state index contributed by atoms with van der Waals surface area (Å²) in [6.07, 6.45) is 2.41. The van der Waals surface area contributed by atoms with Gasteiger partial charge in [-0.05, 0) is 67.9 Å². The standard InChI is InChI=1S/C24H24N2O7S/c1-4-15(3)33-20-11-6-16(12-21(20)32-5-2)13-22-23(28)25(24(29)34-22)14-19(27)17-7-9-18(10-8-17)26(30)31/h6-13,15H,4-5,14H2,1-3H3/b22-13+/t15-/m0/s1. The highest BCUT2D eigenvalue weighted by Gasteiger charge is 2.36. The van der Waals surface area contributed by atoms with Crippen molar-refractivity contribution >= 4 is 40.5 Å². The highest BCUT2D eigenvalue weighted by molar-refractivity contribution is 8.18. The van der Waals surface area contributed by atoms with Gasteiger partial charge in [0.05, 0.1) is 29.1 Å². The van der Waals surface area contributed by atoms with Gasteiger partial charge >= 0.3 is 0 Å². The Morgan fingerprint density at radius 3 is 2.47 bits per heavy atom. The van der Waals surface area contributed by atoms with Crippen molar-refractivity contribution in [3.8, 4) is 11.5 Å². The minimum absolute atomic E-state index is 0.00912. The Hall–Kier alpha value is -3.66. The van der Waals surface area contributed by atoms with Crippen molar-refractivity contribution < 1.29 is 28.8 Å². The van der Waals surface area contributed by atoms with Crippen LogP contribution >= 0.6 is 11.8 Å². The van der Waals surface area contributed by atoms with Crippen LogP contribution in [0.5, 0.6) is 11.5 Å². The fourth-order valence-corrected chi connectivity index (χ4v) is 3.91. The monoisotopic (exact) mass is 484 g/mol. The van der Waals surface area contributed by atoms with Crippen molar-refractivity contribution in [3.63, 3.8) is 0 Å². The SMILES string of the molecule is CCOc1cc(/C=C2/SC(=O)N(CC(=O)c3ccc([N+](=O)[O-])cc3)C2=O)ccc1O[C@@H](C)CC. The topological polar surface area (TPSA) is 116 Å². The number of nitrogens with zero attached hydrogens (tertiary/aromatic N) is 2. The maximum atomic E-state index is 12.8. The first-order valence-electron chi connectivity index (χ1n) is 10.7. The number of benzene rings is 2. The highest BCUT2D eigenvalue weighted by Crippen LogP contribution is 2.35. The molecule has 2 amide bonds. The van der Waals surface area contributed by atoms with Crippen molar-refractivity contribution in [2.75, 3.05) is 13.2 Å². The van der Waals surface area contributed by atoms with Gasteiger partial charge in [-0.1, -0.05) is 13.0 Å². The molecule has 3 rings (SSSR count). The normalized spacial score (nSPS) is 15.5. The number of nitro benzene ring substituents is 1. The number of ketones is 1. The van der Waals surface area contributed by atoms with Gasteiger partial charge in [-0.3, -0.25) is 29.4 Å². The second-order valence-electron chi connectivity index (χ2n) is 7.47. The van der Waals surface area contributed by atoms with Gasteiger partial charge in [-0.2, -0.15) is 0 Å². The van der Waals surface area contributed by atoms with Gasteiger partial charge in [0.15, 0.2) is 17.3 Å². The molecule has 0 bridgehead atoms. The number of Topliss-reactive ketones (excluding diaryl/α,β-unsaturated/α-hetero) is 1. The molecule has 0 radical (unpaired) electrons. The van der Waals surface area contributed by atoms with E-state index in [1.165, 1.54) is 24.3 Å². The minimum atomic E-state index is -0.580. The third-order valence-corrected chi connectivity index (χ3v) is 5.95. The molecule has 9 nitrogen and oxygen atoms in total. The lowest BCUT2D eigenvalue weighted by Crippen LogP contribution is -2.33. The highest BCUT2D eigenvalue weighted by atomic mass is 32.2. The first-order valence-corrected chi connectivity index (χ1v) is 11.5. The summed E-state index contributed by atoms with van der Waals surface area (Å²) in [6, 6.07) is 10.2. The van der Waals surface area contributed by atoms with E-state index < -0.39 is 28.4 Å². The number of hydrogen-bond donors (Lipinski definition) is 0. The van der Waals surface area contributed by atoms with Gasteiger partial charge in [0.25, 0.3) is 16.8 Å². The van der Waals surface area contributed by atoms with E-state index in [9.17, 15) is 24.5 Å². The molecule has 1 aliphatic rings. The predicted molar refractivity (Wildman–Crippen MR) is 128 cm³/mol. The summed E-state index contributed by atoms with van der Waals surface area (Å²) in [5.74, 6) is 0.0473. The molecule has 2 aromatic carbocycles. The third kappa shape index (κ3) is 5.82. The van der Waals surface area contributed by atoms with Crippen LogP contribution in [0.3, 0.4) is 0 Å². The molecule has 34 heavy (non-hydrogen) atoms. The van der Waals surface area contributed by atoms with Crippen molar-refractivity contribution in [1.29, 1.82) is 0 Å². The molecule has 2 aromatic rings. The smallest absolute Gasteiger partial charge is 0.293 e. The molecule has 1 aliphatic heterocycles. The number of thioether (sulfide) groups is 1. The first kappa shape index (κ1) is 25.0. The van der Waals surface area contributed by atoms with Crippen LogP contribution < -0.4 is 9.47 Å². The average molecular weight is 485 g/mol. The maximum absolute atomic E-state index is 12.8. The second-order valence-corrected chi connectivity index (χ2v) is 8.46. The summed E-state index contributed by atoms with van der Waals surface area (Å²) < 4.78 is 11.5. The van der Waals surface area contributed by atoms with Gasteiger partial charge in [0.2, 0.25) is 0 Å². The molecule has 0 aliphatic carbocycles. The van der Waals surface area contributed by atoms with Crippen molar-refractivity contribution in [1.82, 2.24) is 4.90 Å². The molecule has 0 saturated carbocycles. The van der Waals surface area contributed by atoms with Crippen LogP contribution in [0.4, 0.5) is 10.5 Å². The van der Waals surface area contributed by atoms with Crippen LogP contribution in [-0.4, -0.2) is 46.0 Å². The summed E-state index contributed by atoms with van der Waals surface area (Å²) in [7, 11) is 0. The summed E-state index contributed by atoms with van der Waals surface area (Å²) in [5.41, 5.74) is 0.664. The van der Waals surface area contributed by atoms with Crippen LogP contribution in [0, 0.1) is 10.1 Å². The Morgan fingerprint density at radius 1 is 1.15 bits per heavy atom. The van der Waals surface area contributed by atoms with Crippen molar-refractivity contribution in [2.45, 2.75) is 33.3 Å². The summed E-state index contributed by atoms with van der Waals surface area (Å²) in [5, 5.41) is 10.2. The van der Waals surface area contributed by atoms with Crippen molar-refractivity contribution in [3.05, 3.63) is 68.6 Å². The Bertz CT molecular complexity index is 1140. The van der Waals surface area contributed by atoms with E-state index in [-0.39, 0.29) is 22.3 Å². The van der Waals surface area contributed by atoms with E-state index in [0.29, 0.717) is 23.7 Å². The summed E-state index contributed by atoms with van der Waals surface area (Å²) >= 11 is 0.743. The summed E-state index contributed by atoms with van der Waals surface area (Å²) in [6.45, 7) is 5.81. The quantitative estimate of drug-likeness (QED) is 0.198. The molecule has 1 heterocycles. The summed E-state index contributed by atoms with van der Waals surface area (Å²) in [4.78, 5) is 49.0. The largest absolute Gasteiger partial charge is 0.490 e. The fourth-order valence-electron chi connectivity index (χ4n) is 3.07. The number of carbonyl (C=O) groups excluding carboxylic acids is 3. The van der Waals surface area contributed by atoms with Crippen LogP contribution in [0.1, 0.15) is 43.1 Å². The zero-order chi connectivity index (χ0) is 24.8. The van der Waals surface area contributed by atoms with Crippen molar-refractivity contribution in [2.24, 2.45) is 0 Å². The minimum Gasteiger partial charge on any atom is -0.490 e. The zero-order valence-electron chi connectivity index (χ0n) is 19.0. The molecule has 0 aromatic heterocycles. The lowest BCUT2D eigenvalue weighted by atomic mass is 10.1. The van der Waals surface area contributed by atoms with Crippen LogP contribution in [-0.2, 0) is 4.79 Å². The maximum Gasteiger partial charge on any atom is 0.293 e. The van der Waals surface area contributed by atoms with E-state index in [0.717, 1.165) is 23.1 Å². The first-order chi connectivity index (χ1) is 16.2. The number of nitro groups is 1. The Labute approximate surface area is 200 Å². The number of imide groups is 1. The number of hydrogen-bond acceptors (Lipinski definition) is 8. The Morgan fingerprint density at radius 2 is 1.85 bits per heavy atom. The number of ether oxygens (including phenoxy) is 2. The van der Waals surface area contributed by atoms with Crippen LogP contribution in [0.2, 0.25) is 0 Å². The lowest BCUT2D eigenvalue weighted by Gasteiger charge is -2.16. The molecule has 10 heteroatoms. The van der Waals surface area contributed by atoms with Crippen LogP contribution in [0.15, 0.2) is 47.4 Å². The molecule has 0 N–H and O–H groups in total. The molecule has 1 saturated heterocycles. The molecular weight excluding hydrogens is 460 g/mol. The number of rotatable bonds is 10. The Kier molecular flexibility index (Phi) is 8.06. The molecule has 178 valence electrons. The van der Waals surface area contributed by atoms with Gasteiger partial charge < -0.3 is 9.47 Å². The van der Waals surface area contributed by atoms with E-state index in [2.05, 4.69) is 0 Å². The predicted octanol–water partition coefficient (Wildman–Crippen LogP) is 5.09. The average Bonchev–Trinajstić information content (AvgIpc) is 3.08. The Balaban J connectivity index is 1.76. The number of non-ortho nitro benzene ring substituents is 1. The molecular formula is C24H24N2O7S. The molecule has 1 atom stereocenters. The fraction of sp³-hybridized carbons (Fsp3) is 0.292. The van der Waals surface area contributed by atoms with Crippen LogP contribution in [0.25, 0.3) is 6.08 Å². The second kappa shape index (κ2) is 11.0. The van der Waals surface area contributed by atoms with E-state index in [1.54, 1.807) is 24.3 Å². The number of carbonyl (C=O) groups is 3. The van der Waals surface area contributed by atoms with Gasteiger partial charge in [0.1, 0.15) is 0 Å². The lowest BCUT2D eigenvalue weighted by molar-refractivity contribution is -0.384. The van der Waals surface area contributed by atoms with Gasteiger partial charge in [-0.15, -0.1) is 0 Å². The van der Waals surface area contributed by atoms with Gasteiger partial charge in [-0.25, -0.2) is 0 Å². The zero-order valence-corrected chi connectivity index (χ0v) is 19.8. The number of amides is 2. The van der Waals surface area contributed by atoms with E-state index in [1.807, 2.05) is 20.8 Å². The third-order valence-electron chi connectivity index (χ3n) is 5.04.